The third-order valence-electron chi connectivity index (χ3n) is 4.03. The second-order valence-corrected chi connectivity index (χ2v) is 7.24. The van der Waals surface area contributed by atoms with Crippen LogP contribution in [-0.2, 0) is 15.8 Å². The predicted octanol–water partition coefficient (Wildman–Crippen LogP) is 4.29. The number of carbonyl (C=O) groups excluding carboxylic acids is 3. The molecule has 3 amide bonds. The molecule has 1 aliphatic rings. The summed E-state index contributed by atoms with van der Waals surface area (Å²) in [5, 5.41) is 12.3. The van der Waals surface area contributed by atoms with E-state index in [0.29, 0.717) is 22.2 Å². The maximum Gasteiger partial charge on any atom is 0.416 e. The summed E-state index contributed by atoms with van der Waals surface area (Å²) >= 11 is 0.545. The second kappa shape index (κ2) is 8.60. The largest absolute Gasteiger partial charge is 0.416 e. The van der Waals surface area contributed by atoms with Gasteiger partial charge in [-0.25, -0.2) is 0 Å². The molecule has 8 nitrogen and oxygen atoms in total. The Kier molecular flexibility index (Phi) is 6.11. The van der Waals surface area contributed by atoms with E-state index in [9.17, 15) is 37.7 Å². The number of benzene rings is 2. The Morgan fingerprint density at radius 1 is 1.16 bits per heavy atom. The molecule has 1 aliphatic heterocycles. The van der Waals surface area contributed by atoms with Gasteiger partial charge in [0.2, 0.25) is 5.91 Å². The number of hydrogen-bond donors (Lipinski definition) is 1. The van der Waals surface area contributed by atoms with Crippen molar-refractivity contribution in [1.29, 1.82) is 0 Å². The Balaban J connectivity index is 1.71. The molecule has 0 saturated carbocycles. The molecule has 2 aromatic carbocycles. The van der Waals surface area contributed by atoms with E-state index in [0.717, 1.165) is 18.2 Å². The first-order valence-corrected chi connectivity index (χ1v) is 9.33. The van der Waals surface area contributed by atoms with Crippen LogP contribution in [0.4, 0.5) is 29.3 Å². The molecule has 1 saturated heterocycles. The Morgan fingerprint density at radius 3 is 2.55 bits per heavy atom. The molecular weight excluding hydrogens is 439 g/mol. The quantitative estimate of drug-likeness (QED) is 0.413. The summed E-state index contributed by atoms with van der Waals surface area (Å²) in [5.41, 5.74) is -0.989. The lowest BCUT2D eigenvalue weighted by Crippen LogP contribution is -2.36. The number of nitrogens with one attached hydrogen (secondary N) is 1. The van der Waals surface area contributed by atoms with E-state index in [4.69, 9.17) is 0 Å². The molecule has 1 fully saturated rings. The van der Waals surface area contributed by atoms with Crippen LogP contribution in [0.15, 0.2) is 53.4 Å². The van der Waals surface area contributed by atoms with Crippen molar-refractivity contribution >= 4 is 46.3 Å². The Morgan fingerprint density at radius 2 is 1.87 bits per heavy atom. The van der Waals surface area contributed by atoms with Crippen LogP contribution in [0.1, 0.15) is 11.1 Å². The number of nitrogens with zero attached hydrogens (tertiary/aromatic N) is 2. The maximum absolute atomic E-state index is 12.8. The standard InChI is InChI=1S/C19H12F3N3O5S/c20-19(21,22)12-4-2-5-13(9-12)23-16(26)10-24-17(27)15(31-18(24)28)8-11-3-1-6-14(7-11)25(29)30/h1-9H,10H2,(H,23,26). The molecule has 0 radical (unpaired) electrons. The second-order valence-electron chi connectivity index (χ2n) is 6.25. The molecule has 0 aliphatic carbocycles. The summed E-state index contributed by atoms with van der Waals surface area (Å²) < 4.78 is 38.3. The van der Waals surface area contributed by atoms with Gasteiger partial charge >= 0.3 is 6.18 Å². The van der Waals surface area contributed by atoms with Crippen LogP contribution < -0.4 is 5.32 Å². The molecule has 160 valence electrons. The predicted molar refractivity (Wildman–Crippen MR) is 106 cm³/mol. The van der Waals surface area contributed by atoms with E-state index >= 15 is 0 Å². The molecular formula is C19H12F3N3O5S. The summed E-state index contributed by atoms with van der Waals surface area (Å²) in [6, 6.07) is 9.32. The average molecular weight is 451 g/mol. The van der Waals surface area contributed by atoms with Crippen molar-refractivity contribution in [1.82, 2.24) is 4.90 Å². The van der Waals surface area contributed by atoms with Gasteiger partial charge in [0.15, 0.2) is 0 Å². The van der Waals surface area contributed by atoms with Crippen molar-refractivity contribution in [3.05, 3.63) is 74.7 Å². The zero-order valence-electron chi connectivity index (χ0n) is 15.4. The topological polar surface area (TPSA) is 110 Å². The van der Waals surface area contributed by atoms with Crippen LogP contribution in [0.3, 0.4) is 0 Å². The van der Waals surface area contributed by atoms with Gasteiger partial charge in [0, 0.05) is 17.8 Å². The van der Waals surface area contributed by atoms with Gasteiger partial charge in [0.25, 0.3) is 16.8 Å². The minimum Gasteiger partial charge on any atom is -0.325 e. The van der Waals surface area contributed by atoms with Crippen molar-refractivity contribution < 1.29 is 32.5 Å². The van der Waals surface area contributed by atoms with Crippen molar-refractivity contribution in [2.24, 2.45) is 0 Å². The highest BCUT2D eigenvalue weighted by molar-refractivity contribution is 8.18. The molecule has 0 aromatic heterocycles. The number of rotatable bonds is 5. The number of alkyl halides is 3. The Hall–Kier alpha value is -3.67. The summed E-state index contributed by atoms with van der Waals surface area (Å²) in [6.45, 7) is -0.701. The van der Waals surface area contributed by atoms with Crippen LogP contribution in [0, 0.1) is 10.1 Å². The molecule has 0 atom stereocenters. The van der Waals surface area contributed by atoms with Crippen LogP contribution in [0.25, 0.3) is 6.08 Å². The number of carbonyl (C=O) groups is 3. The molecule has 2 aromatic rings. The fraction of sp³-hybridized carbons (Fsp3) is 0.105. The van der Waals surface area contributed by atoms with Crippen LogP contribution in [0.2, 0.25) is 0 Å². The van der Waals surface area contributed by atoms with Gasteiger partial charge in [-0.3, -0.25) is 29.4 Å². The number of anilines is 1. The summed E-state index contributed by atoms with van der Waals surface area (Å²) in [5.74, 6) is -1.65. The number of nitro benzene ring substituents is 1. The lowest BCUT2D eigenvalue weighted by Gasteiger charge is -2.13. The lowest BCUT2D eigenvalue weighted by molar-refractivity contribution is -0.384. The molecule has 0 unspecified atom stereocenters. The van der Waals surface area contributed by atoms with Crippen LogP contribution in [0.5, 0.6) is 0 Å². The van der Waals surface area contributed by atoms with Crippen molar-refractivity contribution in [2.75, 3.05) is 11.9 Å². The van der Waals surface area contributed by atoms with Gasteiger partial charge in [-0.2, -0.15) is 13.2 Å². The average Bonchev–Trinajstić information content (AvgIpc) is 2.95. The first kappa shape index (κ1) is 22.0. The van der Waals surface area contributed by atoms with E-state index in [1.807, 2.05) is 0 Å². The van der Waals surface area contributed by atoms with E-state index in [2.05, 4.69) is 5.32 Å². The number of hydrogen-bond acceptors (Lipinski definition) is 6. The SMILES string of the molecule is O=C(CN1C(=O)SC(=Cc2cccc([N+](=O)[O-])c2)C1=O)Nc1cccc(C(F)(F)F)c1. The third-order valence-corrected chi connectivity index (χ3v) is 4.94. The van der Waals surface area contributed by atoms with Gasteiger partial charge in [-0.05, 0) is 41.6 Å². The summed E-state index contributed by atoms with van der Waals surface area (Å²) in [7, 11) is 0. The van der Waals surface area contributed by atoms with Crippen molar-refractivity contribution in [2.45, 2.75) is 6.18 Å². The van der Waals surface area contributed by atoms with Crippen LogP contribution >= 0.6 is 11.8 Å². The van der Waals surface area contributed by atoms with E-state index < -0.39 is 40.3 Å². The number of imide groups is 1. The van der Waals surface area contributed by atoms with Gasteiger partial charge < -0.3 is 5.32 Å². The number of thioether (sulfide) groups is 1. The molecule has 3 rings (SSSR count). The van der Waals surface area contributed by atoms with Gasteiger partial charge in [-0.1, -0.05) is 18.2 Å². The van der Waals surface area contributed by atoms with Crippen molar-refractivity contribution in [3.8, 4) is 0 Å². The molecule has 1 N–H and O–H groups in total. The highest BCUT2D eigenvalue weighted by Crippen LogP contribution is 2.33. The third kappa shape index (κ3) is 5.28. The van der Waals surface area contributed by atoms with Gasteiger partial charge in [0.05, 0.1) is 15.4 Å². The Labute approximate surface area is 176 Å². The maximum atomic E-state index is 12.8. The molecule has 12 heteroatoms. The van der Waals surface area contributed by atoms with Gasteiger partial charge in [0.1, 0.15) is 6.54 Å². The normalized spacial score (nSPS) is 15.5. The number of nitro groups is 1. The summed E-state index contributed by atoms with van der Waals surface area (Å²) in [6.07, 6.45) is -3.31. The minimum atomic E-state index is -4.59. The first-order valence-electron chi connectivity index (χ1n) is 8.51. The molecule has 31 heavy (non-hydrogen) atoms. The zero-order chi connectivity index (χ0) is 22.8. The molecule has 0 spiro atoms. The number of non-ortho nitro benzene ring substituents is 1. The molecule has 0 bridgehead atoms. The highest BCUT2D eigenvalue weighted by Gasteiger charge is 2.36. The number of halogens is 3. The lowest BCUT2D eigenvalue weighted by atomic mass is 10.2. The number of amides is 3. The zero-order valence-corrected chi connectivity index (χ0v) is 16.2. The monoisotopic (exact) mass is 451 g/mol. The van der Waals surface area contributed by atoms with Crippen LogP contribution in [-0.4, -0.2) is 33.4 Å². The Bertz CT molecular complexity index is 1120. The summed E-state index contributed by atoms with van der Waals surface area (Å²) in [4.78, 5) is 47.6. The van der Waals surface area contributed by atoms with Crippen molar-refractivity contribution in [3.63, 3.8) is 0 Å². The first-order chi connectivity index (χ1) is 14.5. The van der Waals surface area contributed by atoms with E-state index in [1.165, 1.54) is 36.4 Å². The fourth-order valence-electron chi connectivity index (χ4n) is 2.63. The van der Waals surface area contributed by atoms with E-state index in [1.54, 1.807) is 0 Å². The van der Waals surface area contributed by atoms with Gasteiger partial charge in [-0.15, -0.1) is 0 Å². The fourth-order valence-corrected chi connectivity index (χ4v) is 3.47. The highest BCUT2D eigenvalue weighted by atomic mass is 32.2. The minimum absolute atomic E-state index is 0.0441. The smallest absolute Gasteiger partial charge is 0.325 e. The molecule has 1 heterocycles. The van der Waals surface area contributed by atoms with E-state index in [-0.39, 0.29) is 16.3 Å².